The van der Waals surface area contributed by atoms with Crippen molar-refractivity contribution < 1.29 is 13.7 Å². The van der Waals surface area contributed by atoms with E-state index in [9.17, 15) is 9.00 Å². The summed E-state index contributed by atoms with van der Waals surface area (Å²) in [6.45, 7) is 7.64. The first kappa shape index (κ1) is 22.3. The lowest BCUT2D eigenvalue weighted by Gasteiger charge is -2.39. The number of amides is 1. The van der Waals surface area contributed by atoms with Gasteiger partial charge in [-0.15, -0.1) is 0 Å². The van der Waals surface area contributed by atoms with E-state index in [0.29, 0.717) is 41.9 Å². The van der Waals surface area contributed by atoms with E-state index < -0.39 is 0 Å². The van der Waals surface area contributed by atoms with Crippen LogP contribution in [0.1, 0.15) is 51.6 Å². The van der Waals surface area contributed by atoms with Crippen LogP contribution in [0.5, 0.6) is 5.88 Å². The molecule has 0 spiro atoms. The Balaban J connectivity index is 1.59. The van der Waals surface area contributed by atoms with Crippen molar-refractivity contribution in [3.8, 4) is 5.88 Å². The fourth-order valence-corrected chi connectivity index (χ4v) is 4.93. The highest BCUT2D eigenvalue weighted by Crippen LogP contribution is 2.37. The molecule has 2 aliphatic rings. The van der Waals surface area contributed by atoms with Crippen molar-refractivity contribution in [1.82, 2.24) is 19.6 Å². The third-order valence-corrected chi connectivity index (χ3v) is 6.58. The molecule has 4 rings (SSSR count). The molecular weight excluding hydrogens is 436 g/mol. The van der Waals surface area contributed by atoms with Crippen LogP contribution in [0.4, 0.5) is 0 Å². The van der Waals surface area contributed by atoms with Crippen molar-refractivity contribution in [2.75, 3.05) is 13.1 Å². The number of fused-ring (bicyclic) bond motifs is 1. The Morgan fingerprint density at radius 2 is 2.00 bits per heavy atom. The van der Waals surface area contributed by atoms with E-state index in [1.54, 1.807) is 18.5 Å². The summed E-state index contributed by atoms with van der Waals surface area (Å²) in [5, 5.41) is 2.01. The topological polar surface area (TPSA) is 84.4 Å². The van der Waals surface area contributed by atoms with Gasteiger partial charge in [0, 0.05) is 23.9 Å². The fraction of sp³-hybridized carbons (Fsp3) is 0.591. The van der Waals surface area contributed by atoms with E-state index in [-0.39, 0.29) is 29.9 Å². The van der Waals surface area contributed by atoms with E-state index in [1.807, 2.05) is 4.90 Å². The second-order valence-corrected chi connectivity index (χ2v) is 9.90. The number of rotatable bonds is 9. The van der Waals surface area contributed by atoms with Crippen molar-refractivity contribution in [3.63, 3.8) is 0 Å². The van der Waals surface area contributed by atoms with E-state index in [2.05, 4.69) is 35.5 Å². The third-order valence-electron chi connectivity index (χ3n) is 6.02. The first-order valence-electron chi connectivity index (χ1n) is 10.8. The van der Waals surface area contributed by atoms with Gasteiger partial charge in [-0.2, -0.15) is 0 Å². The van der Waals surface area contributed by atoms with Crippen LogP contribution in [0.25, 0.3) is 10.8 Å². The largest absolute Gasteiger partial charge is 0.588 e. The summed E-state index contributed by atoms with van der Waals surface area (Å²) in [6.07, 6.45) is 6.34. The van der Waals surface area contributed by atoms with Crippen LogP contribution in [-0.4, -0.2) is 40.0 Å². The van der Waals surface area contributed by atoms with Gasteiger partial charge in [-0.25, -0.2) is 9.97 Å². The lowest BCUT2D eigenvalue weighted by molar-refractivity contribution is -0.141. The van der Waals surface area contributed by atoms with E-state index in [1.165, 1.54) is 0 Å². The molecule has 9 heteroatoms. The highest BCUT2D eigenvalue weighted by Gasteiger charge is 2.40. The first-order chi connectivity index (χ1) is 14.9. The summed E-state index contributed by atoms with van der Waals surface area (Å²) in [5.41, 5.74) is 0.905. The zero-order chi connectivity index (χ0) is 22.1. The van der Waals surface area contributed by atoms with Gasteiger partial charge in [0.25, 0.3) is 0 Å². The molecule has 1 aliphatic carbocycles. The van der Waals surface area contributed by atoms with Gasteiger partial charge in [0.2, 0.25) is 11.8 Å². The molecule has 2 fully saturated rings. The van der Waals surface area contributed by atoms with Gasteiger partial charge in [-0.05, 0) is 47.3 Å². The van der Waals surface area contributed by atoms with Crippen molar-refractivity contribution in [2.45, 2.75) is 52.2 Å². The number of halogens is 1. The molecule has 0 aromatic carbocycles. The maximum absolute atomic E-state index is 12.2. The number of ether oxygens (including phenoxy) is 1. The maximum Gasteiger partial charge on any atom is 0.588 e. The van der Waals surface area contributed by atoms with Crippen molar-refractivity contribution in [2.24, 2.45) is 17.8 Å². The quantitative estimate of drug-likeness (QED) is 0.346. The zero-order valence-electron chi connectivity index (χ0n) is 18.0. The number of nitrogens with zero attached hydrogens (tertiary/aromatic N) is 3. The predicted molar refractivity (Wildman–Crippen MR) is 121 cm³/mol. The van der Waals surface area contributed by atoms with Crippen LogP contribution >= 0.6 is 11.6 Å². The Morgan fingerprint density at radius 1 is 1.26 bits per heavy atom. The van der Waals surface area contributed by atoms with Gasteiger partial charge in [0.05, 0.1) is 28.7 Å². The SMILES string of the molecule is CC(C)CC(C)[C@H](N[S+]=O)c1cnc(OC2CN(C(=O)C3CC3)C2)c2cnc(Cl)cc12. The Labute approximate surface area is 191 Å². The predicted octanol–water partition coefficient (Wildman–Crippen LogP) is 3.94. The number of carbonyl (C=O) groups is 1. The Kier molecular flexibility index (Phi) is 6.69. The van der Waals surface area contributed by atoms with Crippen LogP contribution in [0.15, 0.2) is 18.5 Å². The molecular formula is C22H28ClN4O3S+. The molecule has 1 saturated heterocycles. The van der Waals surface area contributed by atoms with E-state index in [4.69, 9.17) is 16.3 Å². The highest BCUT2D eigenvalue weighted by molar-refractivity contribution is 7.63. The van der Waals surface area contributed by atoms with Crippen molar-refractivity contribution in [1.29, 1.82) is 0 Å². The molecule has 0 bridgehead atoms. The lowest BCUT2D eigenvalue weighted by atomic mass is 9.87. The second kappa shape index (κ2) is 9.30. The van der Waals surface area contributed by atoms with Gasteiger partial charge in [0.15, 0.2) is 0 Å². The molecule has 0 radical (unpaired) electrons. The minimum Gasteiger partial charge on any atom is -0.470 e. The second-order valence-electron chi connectivity index (χ2n) is 9.11. The number of aromatic nitrogens is 2. The normalized spacial score (nSPS) is 18.7. The number of nitrogens with one attached hydrogen (secondary N) is 1. The molecule has 1 aliphatic heterocycles. The third kappa shape index (κ3) is 4.96. The summed E-state index contributed by atoms with van der Waals surface area (Å²) >= 11 is 6.58. The smallest absolute Gasteiger partial charge is 0.470 e. The Bertz CT molecular complexity index is 979. The summed E-state index contributed by atoms with van der Waals surface area (Å²) in [5.74, 6) is 1.67. The van der Waals surface area contributed by atoms with E-state index in [0.717, 1.165) is 35.6 Å². The van der Waals surface area contributed by atoms with Crippen LogP contribution in [0.2, 0.25) is 5.15 Å². The molecule has 1 N–H and O–H groups in total. The summed E-state index contributed by atoms with van der Waals surface area (Å²) < 4.78 is 20.5. The molecule has 1 amide bonds. The number of pyridine rings is 2. The zero-order valence-corrected chi connectivity index (χ0v) is 19.6. The molecule has 166 valence electrons. The standard InChI is InChI=1S/C22H28ClN4O3S/c1-12(2)6-13(3)20(26-31-29)17-8-25-21(18-9-24-19(23)7-16(17)18)30-15-10-27(11-15)22(28)14-4-5-14/h7-9,12-15,20H,4-6,10-11H2,1-3H3,(H,26,29)/q+1/t13?,20-/m0/s1. The minimum absolute atomic E-state index is 0.0779. The van der Waals surface area contributed by atoms with Crippen molar-refractivity contribution >= 4 is 40.1 Å². The van der Waals surface area contributed by atoms with Gasteiger partial charge in [-0.1, -0.05) is 32.4 Å². The number of hydrogen-bond acceptors (Lipinski definition) is 5. The molecule has 31 heavy (non-hydrogen) atoms. The number of hydrogen-bond donors (Lipinski definition) is 1. The minimum atomic E-state index is -0.178. The molecule has 2 aromatic heterocycles. The van der Waals surface area contributed by atoms with Crippen LogP contribution < -0.4 is 9.46 Å². The van der Waals surface area contributed by atoms with Gasteiger partial charge in [0.1, 0.15) is 11.3 Å². The summed E-state index contributed by atoms with van der Waals surface area (Å²) in [6, 6.07) is 1.62. The van der Waals surface area contributed by atoms with Gasteiger partial charge < -0.3 is 9.64 Å². The molecule has 1 unspecified atom stereocenters. The Hall–Kier alpha value is -1.90. The fourth-order valence-electron chi connectivity index (χ4n) is 4.30. The van der Waals surface area contributed by atoms with Crippen LogP contribution in [0, 0.1) is 17.8 Å². The first-order valence-corrected chi connectivity index (χ1v) is 11.9. The van der Waals surface area contributed by atoms with Crippen LogP contribution in [0.3, 0.4) is 0 Å². The monoisotopic (exact) mass is 463 g/mol. The summed E-state index contributed by atoms with van der Waals surface area (Å²) in [4.78, 5) is 22.8. The average Bonchev–Trinajstić information content (AvgIpc) is 3.53. The molecule has 7 nitrogen and oxygen atoms in total. The molecule has 2 aromatic rings. The van der Waals surface area contributed by atoms with Crippen LogP contribution in [-0.2, 0) is 20.9 Å². The van der Waals surface area contributed by atoms with Gasteiger partial charge >= 0.3 is 11.9 Å². The van der Waals surface area contributed by atoms with E-state index >= 15 is 0 Å². The summed E-state index contributed by atoms with van der Waals surface area (Å²) in [7, 11) is 0. The number of carbonyl (C=O) groups excluding carboxylic acids is 1. The lowest BCUT2D eigenvalue weighted by Crippen LogP contribution is -2.56. The number of likely N-dealkylation sites (tertiary alicyclic amines) is 1. The Morgan fingerprint density at radius 3 is 2.65 bits per heavy atom. The average molecular weight is 464 g/mol. The van der Waals surface area contributed by atoms with Gasteiger partial charge in [-0.3, -0.25) is 4.79 Å². The molecule has 1 saturated carbocycles. The molecule has 3 heterocycles. The maximum atomic E-state index is 12.2. The molecule has 2 atom stereocenters. The highest BCUT2D eigenvalue weighted by atomic mass is 35.5. The van der Waals surface area contributed by atoms with Crippen molar-refractivity contribution in [3.05, 3.63) is 29.2 Å².